The molecule has 1 aromatic rings. The zero-order chi connectivity index (χ0) is 13.1. The first kappa shape index (κ1) is 13.1. The number of benzene rings is 1. The summed E-state index contributed by atoms with van der Waals surface area (Å²) in [4.78, 5) is 2.60. The van der Waals surface area contributed by atoms with E-state index in [0.717, 1.165) is 6.54 Å². The molecule has 0 spiro atoms. The first-order chi connectivity index (χ1) is 9.23. The van der Waals surface area contributed by atoms with Crippen LogP contribution >= 0.6 is 0 Å². The molecule has 2 nitrogen and oxygen atoms in total. The Labute approximate surface area is 117 Å². The van der Waals surface area contributed by atoms with Crippen LogP contribution in [0.2, 0.25) is 0 Å². The fourth-order valence-electron chi connectivity index (χ4n) is 2.99. The number of nitrogens with one attached hydrogen (secondary N) is 1. The van der Waals surface area contributed by atoms with Gasteiger partial charge in [0.15, 0.2) is 0 Å². The highest BCUT2D eigenvalue weighted by molar-refractivity contribution is 5.14. The predicted molar refractivity (Wildman–Crippen MR) is 80.1 cm³/mol. The molecule has 1 aliphatic carbocycles. The monoisotopic (exact) mass is 258 g/mol. The second-order valence-corrected chi connectivity index (χ2v) is 6.75. The molecule has 1 unspecified atom stereocenters. The van der Waals surface area contributed by atoms with E-state index in [1.54, 1.807) is 0 Å². The molecule has 1 heterocycles. The van der Waals surface area contributed by atoms with Gasteiger partial charge in [0.05, 0.1) is 0 Å². The molecule has 3 rings (SSSR count). The molecule has 0 amide bonds. The summed E-state index contributed by atoms with van der Waals surface area (Å²) < 4.78 is 0. The molecule has 2 aliphatic rings. The summed E-state index contributed by atoms with van der Waals surface area (Å²) in [5, 5.41) is 3.80. The van der Waals surface area contributed by atoms with Gasteiger partial charge in [0.1, 0.15) is 0 Å². The van der Waals surface area contributed by atoms with E-state index in [1.165, 1.54) is 50.9 Å². The molecule has 1 aromatic carbocycles. The Hall–Kier alpha value is -0.860. The summed E-state index contributed by atoms with van der Waals surface area (Å²) in [7, 11) is 0. The van der Waals surface area contributed by atoms with E-state index in [9.17, 15) is 0 Å². The molecule has 2 heteroatoms. The lowest BCUT2D eigenvalue weighted by molar-refractivity contribution is 0.179. The number of hydrogen-bond acceptors (Lipinski definition) is 2. The van der Waals surface area contributed by atoms with E-state index < -0.39 is 0 Å². The average Bonchev–Trinajstić information content (AvgIpc) is 3.17. The van der Waals surface area contributed by atoms with Gasteiger partial charge in [0, 0.05) is 25.7 Å². The Balaban J connectivity index is 1.47. The molecule has 1 N–H and O–H groups in total. The third-order valence-electron chi connectivity index (χ3n) is 4.68. The molecular formula is C17H26N2. The first-order valence-corrected chi connectivity index (χ1v) is 7.73. The van der Waals surface area contributed by atoms with Crippen molar-refractivity contribution in [2.45, 2.75) is 45.2 Å². The molecule has 0 aromatic heterocycles. The van der Waals surface area contributed by atoms with Gasteiger partial charge in [-0.3, -0.25) is 4.90 Å². The van der Waals surface area contributed by atoms with Gasteiger partial charge < -0.3 is 5.32 Å². The van der Waals surface area contributed by atoms with Crippen LogP contribution in [-0.2, 0) is 6.54 Å². The zero-order valence-electron chi connectivity index (χ0n) is 12.1. The minimum Gasteiger partial charge on any atom is -0.312 e. The Morgan fingerprint density at radius 1 is 1.26 bits per heavy atom. The van der Waals surface area contributed by atoms with Gasteiger partial charge in [0.25, 0.3) is 0 Å². The molecule has 0 radical (unpaired) electrons. The Kier molecular flexibility index (Phi) is 3.90. The van der Waals surface area contributed by atoms with Crippen molar-refractivity contribution in [3.8, 4) is 0 Å². The minimum atomic E-state index is 0.627. The van der Waals surface area contributed by atoms with Crippen LogP contribution in [0.1, 0.15) is 38.2 Å². The molecule has 104 valence electrons. The van der Waals surface area contributed by atoms with Crippen molar-refractivity contribution in [1.82, 2.24) is 10.2 Å². The van der Waals surface area contributed by atoms with Crippen molar-refractivity contribution in [3.05, 3.63) is 35.9 Å². The van der Waals surface area contributed by atoms with E-state index in [1.807, 2.05) is 0 Å². The summed E-state index contributed by atoms with van der Waals surface area (Å²) >= 11 is 0. The molecule has 1 aliphatic heterocycles. The Bertz CT molecular complexity index is 397. The van der Waals surface area contributed by atoms with Crippen molar-refractivity contribution in [2.75, 3.05) is 19.6 Å². The second kappa shape index (κ2) is 5.64. The van der Waals surface area contributed by atoms with E-state index in [2.05, 4.69) is 47.5 Å². The quantitative estimate of drug-likeness (QED) is 0.873. The van der Waals surface area contributed by atoms with Gasteiger partial charge in [-0.2, -0.15) is 0 Å². The van der Waals surface area contributed by atoms with E-state index in [4.69, 9.17) is 0 Å². The van der Waals surface area contributed by atoms with Crippen molar-refractivity contribution >= 4 is 0 Å². The summed E-state index contributed by atoms with van der Waals surface area (Å²) in [6, 6.07) is 11.6. The lowest BCUT2D eigenvalue weighted by Gasteiger charge is -2.34. The molecular weight excluding hydrogens is 232 g/mol. The van der Waals surface area contributed by atoms with Gasteiger partial charge in [-0.05, 0) is 43.2 Å². The van der Waals surface area contributed by atoms with Crippen LogP contribution in [0.3, 0.4) is 0 Å². The molecule has 19 heavy (non-hydrogen) atoms. The smallest absolute Gasteiger partial charge is 0.0234 e. The van der Waals surface area contributed by atoms with Gasteiger partial charge in [-0.1, -0.05) is 37.3 Å². The summed E-state index contributed by atoms with van der Waals surface area (Å²) in [5.74, 6) is 0. The third kappa shape index (κ3) is 3.80. The largest absolute Gasteiger partial charge is 0.312 e. The molecule has 0 bridgehead atoms. The number of rotatable bonds is 5. The van der Waals surface area contributed by atoms with Crippen LogP contribution in [-0.4, -0.2) is 30.6 Å². The van der Waals surface area contributed by atoms with Crippen molar-refractivity contribution in [2.24, 2.45) is 5.41 Å². The lowest BCUT2D eigenvalue weighted by atomic mass is 10.0. The SMILES string of the molecule is CC1(CNC2CCCN(Cc3ccccc3)C2)CC1. The predicted octanol–water partition coefficient (Wildman–Crippen LogP) is 3.04. The van der Waals surface area contributed by atoms with Gasteiger partial charge >= 0.3 is 0 Å². The Morgan fingerprint density at radius 2 is 2.05 bits per heavy atom. The topological polar surface area (TPSA) is 15.3 Å². The minimum absolute atomic E-state index is 0.627. The number of hydrogen-bond donors (Lipinski definition) is 1. The summed E-state index contributed by atoms with van der Waals surface area (Å²) in [6.45, 7) is 7.20. The van der Waals surface area contributed by atoms with Gasteiger partial charge in [0.2, 0.25) is 0 Å². The molecule has 1 saturated carbocycles. The highest BCUT2D eigenvalue weighted by Gasteiger charge is 2.37. The van der Waals surface area contributed by atoms with Crippen LogP contribution in [0.5, 0.6) is 0 Å². The molecule has 1 atom stereocenters. The second-order valence-electron chi connectivity index (χ2n) is 6.75. The van der Waals surface area contributed by atoms with Crippen molar-refractivity contribution in [3.63, 3.8) is 0 Å². The standard InChI is InChI=1S/C17H26N2/c1-17(9-10-17)14-18-16-8-5-11-19(13-16)12-15-6-3-2-4-7-15/h2-4,6-7,16,18H,5,8-14H2,1H3. The normalized spacial score (nSPS) is 26.3. The van der Waals surface area contributed by atoms with Gasteiger partial charge in [-0.25, -0.2) is 0 Å². The van der Waals surface area contributed by atoms with Crippen LogP contribution in [0.4, 0.5) is 0 Å². The maximum absolute atomic E-state index is 3.80. The van der Waals surface area contributed by atoms with Crippen molar-refractivity contribution < 1.29 is 0 Å². The Morgan fingerprint density at radius 3 is 2.79 bits per heavy atom. The summed E-state index contributed by atoms with van der Waals surface area (Å²) in [6.07, 6.45) is 5.52. The highest BCUT2D eigenvalue weighted by atomic mass is 15.2. The third-order valence-corrected chi connectivity index (χ3v) is 4.68. The fraction of sp³-hybridized carbons (Fsp3) is 0.647. The summed E-state index contributed by atoms with van der Waals surface area (Å²) in [5.41, 5.74) is 2.07. The van der Waals surface area contributed by atoms with E-state index in [-0.39, 0.29) is 0 Å². The number of nitrogens with zero attached hydrogens (tertiary/aromatic N) is 1. The highest BCUT2D eigenvalue weighted by Crippen LogP contribution is 2.44. The van der Waals surface area contributed by atoms with E-state index in [0.29, 0.717) is 11.5 Å². The van der Waals surface area contributed by atoms with Crippen LogP contribution in [0.15, 0.2) is 30.3 Å². The van der Waals surface area contributed by atoms with Crippen LogP contribution in [0.25, 0.3) is 0 Å². The lowest BCUT2D eigenvalue weighted by Crippen LogP contribution is -2.46. The van der Waals surface area contributed by atoms with Crippen LogP contribution < -0.4 is 5.32 Å². The maximum Gasteiger partial charge on any atom is 0.0234 e. The van der Waals surface area contributed by atoms with Crippen molar-refractivity contribution in [1.29, 1.82) is 0 Å². The number of piperidine rings is 1. The molecule has 2 fully saturated rings. The maximum atomic E-state index is 3.80. The first-order valence-electron chi connectivity index (χ1n) is 7.73. The number of likely N-dealkylation sites (tertiary alicyclic amines) is 1. The molecule has 1 saturated heterocycles. The zero-order valence-corrected chi connectivity index (χ0v) is 12.1. The average molecular weight is 258 g/mol. The van der Waals surface area contributed by atoms with E-state index >= 15 is 0 Å². The van der Waals surface area contributed by atoms with Gasteiger partial charge in [-0.15, -0.1) is 0 Å². The van der Waals surface area contributed by atoms with Crippen LogP contribution in [0, 0.1) is 5.41 Å². The fourth-order valence-corrected chi connectivity index (χ4v) is 2.99.